The Labute approximate surface area is 81.9 Å². The molecule has 1 aliphatic heterocycles. The molecule has 2 N–H and O–H groups in total. The molecule has 1 saturated heterocycles. The quantitative estimate of drug-likeness (QED) is 0.689. The highest BCUT2D eigenvalue weighted by Gasteiger charge is 2.20. The first-order valence-corrected chi connectivity index (χ1v) is 5.40. The molecule has 1 rings (SSSR count). The van der Waals surface area contributed by atoms with E-state index in [4.69, 9.17) is 5.73 Å². The van der Waals surface area contributed by atoms with E-state index < -0.39 is 0 Å². The highest BCUT2D eigenvalue weighted by Crippen LogP contribution is 2.08. The topological polar surface area (TPSA) is 32.5 Å². The Morgan fingerprint density at radius 1 is 1.38 bits per heavy atom. The Bertz CT molecular complexity index is 138. The van der Waals surface area contributed by atoms with Gasteiger partial charge in [0.1, 0.15) is 0 Å². The third kappa shape index (κ3) is 3.25. The smallest absolute Gasteiger partial charge is 0.0345 e. The van der Waals surface area contributed by atoms with Gasteiger partial charge < -0.3 is 10.6 Å². The van der Waals surface area contributed by atoms with Crippen molar-refractivity contribution in [3.05, 3.63) is 0 Å². The van der Waals surface area contributed by atoms with E-state index in [0.29, 0.717) is 6.04 Å². The molecule has 0 bridgehead atoms. The van der Waals surface area contributed by atoms with Crippen LogP contribution < -0.4 is 5.73 Å². The monoisotopic (exact) mass is 185 g/mol. The fourth-order valence-electron chi connectivity index (χ4n) is 2.10. The SMILES string of the molecule is CCCN1CCCN(C)CC1CN. The highest BCUT2D eigenvalue weighted by molar-refractivity contribution is 4.78. The highest BCUT2D eigenvalue weighted by atomic mass is 15.2. The number of hydrogen-bond donors (Lipinski definition) is 1. The summed E-state index contributed by atoms with van der Waals surface area (Å²) in [5.41, 5.74) is 5.79. The molecule has 0 aromatic rings. The second-order valence-electron chi connectivity index (χ2n) is 4.04. The second kappa shape index (κ2) is 5.58. The van der Waals surface area contributed by atoms with Gasteiger partial charge in [0.15, 0.2) is 0 Å². The second-order valence-corrected chi connectivity index (χ2v) is 4.04. The molecule has 0 amide bonds. The molecule has 0 aromatic carbocycles. The molecule has 0 aliphatic carbocycles. The van der Waals surface area contributed by atoms with Gasteiger partial charge in [-0.1, -0.05) is 6.92 Å². The van der Waals surface area contributed by atoms with Gasteiger partial charge in [-0.25, -0.2) is 0 Å². The van der Waals surface area contributed by atoms with E-state index in [9.17, 15) is 0 Å². The van der Waals surface area contributed by atoms with Crippen molar-refractivity contribution in [3.63, 3.8) is 0 Å². The van der Waals surface area contributed by atoms with Crippen molar-refractivity contribution in [1.82, 2.24) is 9.80 Å². The molecule has 78 valence electrons. The van der Waals surface area contributed by atoms with E-state index in [1.54, 1.807) is 0 Å². The van der Waals surface area contributed by atoms with Crippen LogP contribution in [-0.4, -0.2) is 55.6 Å². The van der Waals surface area contributed by atoms with Crippen LogP contribution in [0.1, 0.15) is 19.8 Å². The molecule has 13 heavy (non-hydrogen) atoms. The van der Waals surface area contributed by atoms with Gasteiger partial charge in [0.2, 0.25) is 0 Å². The molecular formula is C10H23N3. The van der Waals surface area contributed by atoms with Crippen molar-refractivity contribution < 1.29 is 0 Å². The van der Waals surface area contributed by atoms with E-state index in [1.165, 1.54) is 32.5 Å². The minimum atomic E-state index is 0.576. The van der Waals surface area contributed by atoms with Gasteiger partial charge in [-0.15, -0.1) is 0 Å². The van der Waals surface area contributed by atoms with Crippen LogP contribution in [-0.2, 0) is 0 Å². The lowest BCUT2D eigenvalue weighted by atomic mass is 10.2. The molecule has 1 unspecified atom stereocenters. The summed E-state index contributed by atoms with van der Waals surface area (Å²) in [7, 11) is 2.19. The maximum Gasteiger partial charge on any atom is 0.0345 e. The minimum absolute atomic E-state index is 0.576. The van der Waals surface area contributed by atoms with Gasteiger partial charge in [0.25, 0.3) is 0 Å². The predicted octanol–water partition coefficient (Wildman–Crippen LogP) is 0.361. The minimum Gasteiger partial charge on any atom is -0.329 e. The van der Waals surface area contributed by atoms with Crippen LogP contribution in [0.3, 0.4) is 0 Å². The number of likely N-dealkylation sites (N-methyl/N-ethyl adjacent to an activating group) is 1. The molecule has 1 heterocycles. The van der Waals surface area contributed by atoms with Crippen LogP contribution in [0, 0.1) is 0 Å². The average Bonchev–Trinajstić information content (AvgIpc) is 2.29. The van der Waals surface area contributed by atoms with Gasteiger partial charge in [0.05, 0.1) is 0 Å². The Balaban J connectivity index is 2.48. The van der Waals surface area contributed by atoms with Crippen molar-refractivity contribution in [2.24, 2.45) is 5.73 Å². The zero-order valence-corrected chi connectivity index (χ0v) is 9.00. The fraction of sp³-hybridized carbons (Fsp3) is 1.00. The molecule has 0 radical (unpaired) electrons. The summed E-state index contributed by atoms with van der Waals surface area (Å²) in [6.45, 7) is 7.81. The van der Waals surface area contributed by atoms with Crippen LogP contribution in [0.25, 0.3) is 0 Å². The van der Waals surface area contributed by atoms with E-state index in [-0.39, 0.29) is 0 Å². The summed E-state index contributed by atoms with van der Waals surface area (Å²) in [6.07, 6.45) is 2.52. The third-order valence-corrected chi connectivity index (χ3v) is 2.81. The summed E-state index contributed by atoms with van der Waals surface area (Å²) in [5.74, 6) is 0. The predicted molar refractivity (Wildman–Crippen MR) is 56.8 cm³/mol. The lowest BCUT2D eigenvalue weighted by Crippen LogP contribution is -2.45. The van der Waals surface area contributed by atoms with Gasteiger partial charge in [-0.3, -0.25) is 4.90 Å². The Morgan fingerprint density at radius 3 is 2.77 bits per heavy atom. The van der Waals surface area contributed by atoms with E-state index >= 15 is 0 Å². The lowest BCUT2D eigenvalue weighted by Gasteiger charge is -2.29. The average molecular weight is 185 g/mol. The number of nitrogens with two attached hydrogens (primary N) is 1. The number of hydrogen-bond acceptors (Lipinski definition) is 3. The van der Waals surface area contributed by atoms with Crippen LogP contribution in [0.5, 0.6) is 0 Å². The lowest BCUT2D eigenvalue weighted by molar-refractivity contribution is 0.193. The van der Waals surface area contributed by atoms with Crippen molar-refractivity contribution in [3.8, 4) is 0 Å². The van der Waals surface area contributed by atoms with Crippen molar-refractivity contribution >= 4 is 0 Å². The van der Waals surface area contributed by atoms with Crippen LogP contribution in [0.15, 0.2) is 0 Å². The summed E-state index contributed by atoms with van der Waals surface area (Å²) in [5, 5.41) is 0. The van der Waals surface area contributed by atoms with Crippen molar-refractivity contribution in [1.29, 1.82) is 0 Å². The first-order valence-electron chi connectivity index (χ1n) is 5.40. The molecule has 1 atom stereocenters. The Morgan fingerprint density at radius 2 is 2.15 bits per heavy atom. The van der Waals surface area contributed by atoms with Crippen molar-refractivity contribution in [2.75, 3.05) is 39.8 Å². The summed E-state index contributed by atoms with van der Waals surface area (Å²) in [4.78, 5) is 4.94. The third-order valence-electron chi connectivity index (χ3n) is 2.81. The maximum atomic E-state index is 5.79. The van der Waals surface area contributed by atoms with Crippen LogP contribution >= 0.6 is 0 Å². The zero-order valence-electron chi connectivity index (χ0n) is 9.00. The molecular weight excluding hydrogens is 162 g/mol. The largest absolute Gasteiger partial charge is 0.329 e. The van der Waals surface area contributed by atoms with Crippen LogP contribution in [0.2, 0.25) is 0 Å². The standard InChI is InChI=1S/C10H23N3/c1-3-5-13-7-4-6-12(2)9-10(13)8-11/h10H,3-9,11H2,1-2H3. The number of rotatable bonds is 3. The van der Waals surface area contributed by atoms with E-state index in [0.717, 1.165) is 13.1 Å². The molecule has 3 nitrogen and oxygen atoms in total. The fourth-order valence-corrected chi connectivity index (χ4v) is 2.10. The molecule has 0 aromatic heterocycles. The van der Waals surface area contributed by atoms with Crippen LogP contribution in [0.4, 0.5) is 0 Å². The molecule has 1 aliphatic rings. The van der Waals surface area contributed by atoms with E-state index in [2.05, 4.69) is 23.8 Å². The van der Waals surface area contributed by atoms with Gasteiger partial charge in [0, 0.05) is 19.1 Å². The van der Waals surface area contributed by atoms with Gasteiger partial charge >= 0.3 is 0 Å². The van der Waals surface area contributed by atoms with Crippen molar-refractivity contribution in [2.45, 2.75) is 25.8 Å². The molecule has 3 heteroatoms. The first-order chi connectivity index (χ1) is 6.27. The van der Waals surface area contributed by atoms with Gasteiger partial charge in [-0.05, 0) is 39.5 Å². The molecule has 1 fully saturated rings. The summed E-state index contributed by atoms with van der Waals surface area (Å²) < 4.78 is 0. The summed E-state index contributed by atoms with van der Waals surface area (Å²) in [6, 6.07) is 0.576. The van der Waals surface area contributed by atoms with E-state index in [1.807, 2.05) is 0 Å². The summed E-state index contributed by atoms with van der Waals surface area (Å²) >= 11 is 0. The normalized spacial score (nSPS) is 27.5. The molecule has 0 spiro atoms. The Hall–Kier alpha value is -0.120. The molecule has 0 saturated carbocycles. The Kier molecular flexibility index (Phi) is 4.70. The number of nitrogens with zero attached hydrogens (tertiary/aromatic N) is 2. The maximum absolute atomic E-state index is 5.79. The first kappa shape index (κ1) is 11.0. The van der Waals surface area contributed by atoms with Gasteiger partial charge in [-0.2, -0.15) is 0 Å². The zero-order chi connectivity index (χ0) is 9.68.